The minimum atomic E-state index is -3.71. The number of sulfonamides is 1. The van der Waals surface area contributed by atoms with E-state index in [1.807, 2.05) is 31.2 Å². The zero-order valence-electron chi connectivity index (χ0n) is 18.6. The van der Waals surface area contributed by atoms with Crippen LogP contribution in [-0.2, 0) is 26.2 Å². The van der Waals surface area contributed by atoms with Crippen LogP contribution in [0.25, 0.3) is 0 Å². The second-order valence-corrected chi connectivity index (χ2v) is 10.4. The maximum Gasteiger partial charge on any atom is 0.244 e. The van der Waals surface area contributed by atoms with Crippen molar-refractivity contribution in [2.24, 2.45) is 0 Å². The van der Waals surface area contributed by atoms with E-state index < -0.39 is 28.5 Å². The molecule has 0 aliphatic carbocycles. The van der Waals surface area contributed by atoms with Crippen LogP contribution in [0.4, 0.5) is 5.69 Å². The average Bonchev–Trinajstić information content (AvgIpc) is 2.76. The SMILES string of the molecule is CCCCNC(=O)[C@@H](C)N(Cc1ccc(Br)cc1)C(=O)CN(c1ccccc1)S(C)(=O)=O. The van der Waals surface area contributed by atoms with Crippen molar-refractivity contribution in [2.75, 3.05) is 23.7 Å². The second-order valence-electron chi connectivity index (χ2n) is 7.57. The molecule has 2 aromatic carbocycles. The molecule has 0 aliphatic heterocycles. The van der Waals surface area contributed by atoms with Gasteiger partial charge in [0.1, 0.15) is 12.6 Å². The molecule has 0 radical (unpaired) electrons. The number of rotatable bonds is 11. The lowest BCUT2D eigenvalue weighted by molar-refractivity contribution is -0.139. The number of carbonyl (C=O) groups excluding carboxylic acids is 2. The normalized spacial score (nSPS) is 12.1. The lowest BCUT2D eigenvalue weighted by Crippen LogP contribution is -2.51. The fraction of sp³-hybridized carbons (Fsp3) is 0.391. The van der Waals surface area contributed by atoms with E-state index in [4.69, 9.17) is 0 Å². The quantitative estimate of drug-likeness (QED) is 0.456. The van der Waals surface area contributed by atoms with Crippen LogP contribution in [-0.4, -0.2) is 50.5 Å². The molecule has 0 aromatic heterocycles. The third-order valence-electron chi connectivity index (χ3n) is 4.99. The summed E-state index contributed by atoms with van der Waals surface area (Å²) in [4.78, 5) is 27.5. The maximum atomic E-state index is 13.4. The van der Waals surface area contributed by atoms with Crippen LogP contribution in [0.5, 0.6) is 0 Å². The third-order valence-corrected chi connectivity index (χ3v) is 6.66. The highest BCUT2D eigenvalue weighted by Gasteiger charge is 2.29. The molecule has 2 rings (SSSR count). The number of hydrogen-bond acceptors (Lipinski definition) is 4. The number of halogens is 1. The summed E-state index contributed by atoms with van der Waals surface area (Å²) in [6.45, 7) is 4.00. The van der Waals surface area contributed by atoms with Gasteiger partial charge < -0.3 is 10.2 Å². The Hall–Kier alpha value is -2.39. The van der Waals surface area contributed by atoms with E-state index in [2.05, 4.69) is 21.2 Å². The van der Waals surface area contributed by atoms with Gasteiger partial charge >= 0.3 is 0 Å². The van der Waals surface area contributed by atoms with Crippen LogP contribution in [0.15, 0.2) is 59.1 Å². The van der Waals surface area contributed by atoms with Gasteiger partial charge in [-0.25, -0.2) is 8.42 Å². The molecule has 0 unspecified atom stereocenters. The van der Waals surface area contributed by atoms with Crippen molar-refractivity contribution in [3.8, 4) is 0 Å². The van der Waals surface area contributed by atoms with E-state index in [0.29, 0.717) is 12.2 Å². The van der Waals surface area contributed by atoms with Crippen LogP contribution in [0.2, 0.25) is 0 Å². The van der Waals surface area contributed by atoms with Crippen LogP contribution in [0, 0.1) is 0 Å². The van der Waals surface area contributed by atoms with Gasteiger partial charge in [0, 0.05) is 17.6 Å². The summed E-state index contributed by atoms with van der Waals surface area (Å²) in [6, 6.07) is 15.1. The first-order chi connectivity index (χ1) is 15.1. The van der Waals surface area contributed by atoms with Gasteiger partial charge in [-0.15, -0.1) is 0 Å². The van der Waals surface area contributed by atoms with Gasteiger partial charge in [0.2, 0.25) is 21.8 Å². The summed E-state index contributed by atoms with van der Waals surface area (Å²) >= 11 is 3.39. The van der Waals surface area contributed by atoms with E-state index in [1.165, 1.54) is 4.90 Å². The molecule has 0 fully saturated rings. The zero-order valence-corrected chi connectivity index (χ0v) is 21.0. The molecule has 174 valence electrons. The first kappa shape index (κ1) is 25.9. The molecular formula is C23H30BrN3O4S. The third kappa shape index (κ3) is 7.63. The number of nitrogens with one attached hydrogen (secondary N) is 1. The number of benzene rings is 2. The molecule has 2 amide bonds. The monoisotopic (exact) mass is 523 g/mol. The Morgan fingerprint density at radius 2 is 1.69 bits per heavy atom. The number of unbranched alkanes of at least 4 members (excludes halogenated alkanes) is 1. The summed E-state index contributed by atoms with van der Waals surface area (Å²) in [6.07, 6.45) is 2.85. The van der Waals surface area contributed by atoms with Gasteiger partial charge in [-0.1, -0.05) is 59.6 Å². The van der Waals surface area contributed by atoms with Crippen LogP contribution < -0.4 is 9.62 Å². The molecule has 1 atom stereocenters. The molecule has 0 saturated heterocycles. The zero-order chi connectivity index (χ0) is 23.7. The molecule has 1 N–H and O–H groups in total. The Kier molecular flexibility index (Phi) is 9.71. The largest absolute Gasteiger partial charge is 0.354 e. The predicted molar refractivity (Wildman–Crippen MR) is 131 cm³/mol. The Labute approximate surface area is 199 Å². The van der Waals surface area contributed by atoms with Crippen LogP contribution in [0.1, 0.15) is 32.3 Å². The smallest absolute Gasteiger partial charge is 0.244 e. The molecule has 2 aromatic rings. The molecule has 0 heterocycles. The topological polar surface area (TPSA) is 86.8 Å². The number of para-hydroxylation sites is 1. The summed E-state index contributed by atoms with van der Waals surface area (Å²) < 4.78 is 26.8. The minimum Gasteiger partial charge on any atom is -0.354 e. The lowest BCUT2D eigenvalue weighted by atomic mass is 10.1. The van der Waals surface area contributed by atoms with E-state index >= 15 is 0 Å². The molecule has 0 aliphatic rings. The molecule has 7 nitrogen and oxygen atoms in total. The van der Waals surface area contributed by atoms with Crippen molar-refractivity contribution >= 4 is 43.5 Å². The van der Waals surface area contributed by atoms with Gasteiger partial charge in [0.25, 0.3) is 0 Å². The summed E-state index contributed by atoms with van der Waals surface area (Å²) in [5.74, 6) is -0.727. The Morgan fingerprint density at radius 3 is 2.25 bits per heavy atom. The second kappa shape index (κ2) is 12.0. The molecule has 0 bridgehead atoms. The lowest BCUT2D eigenvalue weighted by Gasteiger charge is -2.31. The van der Waals surface area contributed by atoms with Gasteiger partial charge in [-0.05, 0) is 43.2 Å². The van der Waals surface area contributed by atoms with Crippen molar-refractivity contribution in [1.82, 2.24) is 10.2 Å². The highest BCUT2D eigenvalue weighted by molar-refractivity contribution is 9.10. The molecular weight excluding hydrogens is 494 g/mol. The summed E-state index contributed by atoms with van der Waals surface area (Å²) in [7, 11) is -3.71. The number of nitrogens with zero attached hydrogens (tertiary/aromatic N) is 2. The van der Waals surface area contributed by atoms with Gasteiger partial charge in [-0.2, -0.15) is 0 Å². The fourth-order valence-electron chi connectivity index (χ4n) is 3.11. The Morgan fingerprint density at radius 1 is 1.06 bits per heavy atom. The summed E-state index contributed by atoms with van der Waals surface area (Å²) in [5, 5.41) is 2.86. The van der Waals surface area contributed by atoms with Crippen LogP contribution in [0.3, 0.4) is 0 Å². The number of anilines is 1. The average molecular weight is 524 g/mol. The van der Waals surface area contributed by atoms with Crippen molar-refractivity contribution in [1.29, 1.82) is 0 Å². The van der Waals surface area contributed by atoms with E-state index in [9.17, 15) is 18.0 Å². The van der Waals surface area contributed by atoms with Crippen molar-refractivity contribution in [2.45, 2.75) is 39.3 Å². The number of amides is 2. The maximum absolute atomic E-state index is 13.4. The van der Waals surface area contributed by atoms with Crippen LogP contribution >= 0.6 is 15.9 Å². The molecule has 0 saturated carbocycles. The standard InChI is InChI=1S/C23H30BrN3O4S/c1-4-5-15-25-23(29)18(2)26(16-19-11-13-20(24)14-12-19)22(28)17-27(32(3,30)31)21-9-7-6-8-10-21/h6-14,18H,4-5,15-17H2,1-3H3,(H,25,29)/t18-/m1/s1. The van der Waals surface area contributed by atoms with Crippen molar-refractivity contribution in [3.05, 3.63) is 64.6 Å². The molecule has 9 heteroatoms. The highest BCUT2D eigenvalue weighted by Crippen LogP contribution is 2.19. The first-order valence-corrected chi connectivity index (χ1v) is 13.1. The molecule has 32 heavy (non-hydrogen) atoms. The summed E-state index contributed by atoms with van der Waals surface area (Å²) in [5.41, 5.74) is 1.23. The van der Waals surface area contributed by atoms with E-state index in [-0.39, 0.29) is 12.5 Å². The van der Waals surface area contributed by atoms with E-state index in [1.54, 1.807) is 37.3 Å². The molecule has 0 spiro atoms. The first-order valence-electron chi connectivity index (χ1n) is 10.5. The number of carbonyl (C=O) groups is 2. The Balaban J connectivity index is 2.30. The number of hydrogen-bond donors (Lipinski definition) is 1. The van der Waals surface area contributed by atoms with Gasteiger partial charge in [0.05, 0.1) is 11.9 Å². The predicted octanol–water partition coefficient (Wildman–Crippen LogP) is 3.55. The minimum absolute atomic E-state index is 0.181. The Bertz CT molecular complexity index is 998. The van der Waals surface area contributed by atoms with Gasteiger partial charge in [-0.3, -0.25) is 13.9 Å². The van der Waals surface area contributed by atoms with E-state index in [0.717, 1.165) is 33.4 Å². The van der Waals surface area contributed by atoms with Crippen molar-refractivity contribution in [3.63, 3.8) is 0 Å². The van der Waals surface area contributed by atoms with Gasteiger partial charge in [0.15, 0.2) is 0 Å². The fourth-order valence-corrected chi connectivity index (χ4v) is 4.23. The highest BCUT2D eigenvalue weighted by atomic mass is 79.9. The van der Waals surface area contributed by atoms with Crippen molar-refractivity contribution < 1.29 is 18.0 Å².